The van der Waals surface area contributed by atoms with Crippen LogP contribution in [0.15, 0.2) is 23.1 Å². The quantitative estimate of drug-likeness (QED) is 0.714. The normalized spacial score (nSPS) is 20.2. The van der Waals surface area contributed by atoms with E-state index in [1.165, 1.54) is 4.31 Å². The third kappa shape index (κ3) is 4.69. The van der Waals surface area contributed by atoms with E-state index in [2.05, 4.69) is 11.0 Å². The first-order chi connectivity index (χ1) is 14.3. The largest absolute Gasteiger partial charge is 0.336 e. The van der Waals surface area contributed by atoms with E-state index in [9.17, 15) is 18.5 Å². The summed E-state index contributed by atoms with van der Waals surface area (Å²) in [6, 6.07) is 7.09. The van der Waals surface area contributed by atoms with Crippen LogP contribution in [0.5, 0.6) is 0 Å². The molecule has 0 N–H and O–H groups in total. The summed E-state index contributed by atoms with van der Waals surface area (Å²) in [5.41, 5.74) is 1.22. The lowest BCUT2D eigenvalue weighted by molar-refractivity contribution is 0.0576. The Balaban J connectivity index is 1.76. The van der Waals surface area contributed by atoms with E-state index in [1.54, 1.807) is 23.1 Å². The van der Waals surface area contributed by atoms with E-state index in [-0.39, 0.29) is 22.8 Å². The summed E-state index contributed by atoms with van der Waals surface area (Å²) in [5, 5.41) is 9.42. The van der Waals surface area contributed by atoms with Crippen molar-refractivity contribution in [2.75, 3.05) is 39.3 Å². The van der Waals surface area contributed by atoms with E-state index < -0.39 is 10.0 Å². The van der Waals surface area contributed by atoms with Gasteiger partial charge in [-0.15, -0.1) is 0 Å². The summed E-state index contributed by atoms with van der Waals surface area (Å²) < 4.78 is 27.6. The van der Waals surface area contributed by atoms with Crippen LogP contribution in [0, 0.1) is 24.2 Å². The first-order valence-corrected chi connectivity index (χ1v) is 12.2. The van der Waals surface area contributed by atoms with Crippen molar-refractivity contribution in [3.63, 3.8) is 0 Å². The summed E-state index contributed by atoms with van der Waals surface area (Å²) in [6.45, 7) is 9.34. The highest BCUT2D eigenvalue weighted by molar-refractivity contribution is 7.89. The predicted molar refractivity (Wildman–Crippen MR) is 116 cm³/mol. The molecule has 2 heterocycles. The minimum Gasteiger partial charge on any atom is -0.336 e. The smallest absolute Gasteiger partial charge is 0.254 e. The fraction of sp³-hybridized carbons (Fsp3) is 0.636. The Kier molecular flexibility index (Phi) is 7.17. The van der Waals surface area contributed by atoms with Crippen LogP contribution >= 0.6 is 0 Å². The van der Waals surface area contributed by atoms with Crippen LogP contribution in [-0.4, -0.2) is 73.7 Å². The molecule has 1 aromatic carbocycles. The number of sulfonamides is 1. The Morgan fingerprint density at radius 1 is 1.03 bits per heavy atom. The average molecular weight is 433 g/mol. The Morgan fingerprint density at radius 3 is 2.23 bits per heavy atom. The molecule has 30 heavy (non-hydrogen) atoms. The summed E-state index contributed by atoms with van der Waals surface area (Å²) in [5.74, 6) is 0.0945. The molecule has 1 amide bonds. The molecule has 2 saturated heterocycles. The molecule has 0 aliphatic carbocycles. The molecule has 8 heteroatoms. The molecule has 7 nitrogen and oxygen atoms in total. The summed E-state index contributed by atoms with van der Waals surface area (Å²) in [4.78, 5) is 17.3. The van der Waals surface area contributed by atoms with Gasteiger partial charge in [-0.25, -0.2) is 8.42 Å². The minimum absolute atomic E-state index is 0.138. The number of amides is 1. The van der Waals surface area contributed by atoms with E-state index in [1.807, 2.05) is 20.8 Å². The Hall–Kier alpha value is -1.95. The van der Waals surface area contributed by atoms with Crippen molar-refractivity contribution in [3.05, 3.63) is 29.3 Å². The zero-order valence-electron chi connectivity index (χ0n) is 18.2. The number of piperazine rings is 1. The number of benzene rings is 1. The number of hydrogen-bond acceptors (Lipinski definition) is 5. The van der Waals surface area contributed by atoms with Crippen molar-refractivity contribution in [1.82, 2.24) is 14.1 Å². The van der Waals surface area contributed by atoms with Crippen molar-refractivity contribution >= 4 is 15.9 Å². The van der Waals surface area contributed by atoms with Gasteiger partial charge >= 0.3 is 0 Å². The Bertz CT molecular complexity index is 909. The monoisotopic (exact) mass is 432 g/mol. The van der Waals surface area contributed by atoms with Gasteiger partial charge in [0.1, 0.15) is 6.04 Å². The van der Waals surface area contributed by atoms with Crippen LogP contribution in [0.4, 0.5) is 0 Å². The van der Waals surface area contributed by atoms with Crippen molar-refractivity contribution in [2.24, 2.45) is 5.92 Å². The van der Waals surface area contributed by atoms with E-state index in [4.69, 9.17) is 0 Å². The lowest BCUT2D eigenvalue weighted by Crippen LogP contribution is -2.52. The molecule has 0 radical (unpaired) electrons. The zero-order chi connectivity index (χ0) is 21.9. The molecule has 164 valence electrons. The minimum atomic E-state index is -3.58. The number of piperidine rings is 1. The number of rotatable bonds is 5. The second-order valence-electron chi connectivity index (χ2n) is 8.59. The molecular weight excluding hydrogens is 400 g/mol. The molecule has 3 rings (SSSR count). The summed E-state index contributed by atoms with van der Waals surface area (Å²) >= 11 is 0. The number of nitrogens with zero attached hydrogens (tertiary/aromatic N) is 4. The number of carbonyl (C=O) groups is 1. The van der Waals surface area contributed by atoms with Gasteiger partial charge in [-0.2, -0.15) is 9.57 Å². The molecule has 0 saturated carbocycles. The number of nitriles is 1. The molecule has 0 spiro atoms. The van der Waals surface area contributed by atoms with Gasteiger partial charge < -0.3 is 4.90 Å². The van der Waals surface area contributed by atoms with Gasteiger partial charge in [-0.3, -0.25) is 9.69 Å². The Labute approximate surface area is 180 Å². The standard InChI is InChI=1S/C22H32N4O3S/c1-17(2)21(16-23)24-11-13-25(14-12-24)22(27)20-15-19(8-7-18(20)3)30(28,29)26-9-5-4-6-10-26/h7-8,15,17,21H,4-6,9-14H2,1-3H3. The van der Waals surface area contributed by atoms with Crippen molar-refractivity contribution < 1.29 is 13.2 Å². The number of aryl methyl sites for hydroxylation is 1. The van der Waals surface area contributed by atoms with Gasteiger partial charge in [0.15, 0.2) is 0 Å². The third-order valence-corrected chi connectivity index (χ3v) is 8.05. The molecule has 2 aliphatic heterocycles. The van der Waals surface area contributed by atoms with Gasteiger partial charge in [0.2, 0.25) is 10.0 Å². The van der Waals surface area contributed by atoms with Crippen LogP contribution in [0.2, 0.25) is 0 Å². The van der Waals surface area contributed by atoms with Crippen LogP contribution in [0.3, 0.4) is 0 Å². The van der Waals surface area contributed by atoms with Crippen LogP contribution < -0.4 is 0 Å². The molecule has 0 bridgehead atoms. The molecule has 0 aromatic heterocycles. The second kappa shape index (κ2) is 9.46. The second-order valence-corrected chi connectivity index (χ2v) is 10.5. The highest BCUT2D eigenvalue weighted by Crippen LogP contribution is 2.24. The summed E-state index contributed by atoms with van der Waals surface area (Å²) in [6.07, 6.45) is 2.81. The molecule has 2 fully saturated rings. The first-order valence-electron chi connectivity index (χ1n) is 10.8. The lowest BCUT2D eigenvalue weighted by atomic mass is 10.0. The van der Waals surface area contributed by atoms with Gasteiger partial charge in [-0.05, 0) is 43.4 Å². The van der Waals surface area contributed by atoms with E-state index in [0.717, 1.165) is 24.8 Å². The average Bonchev–Trinajstić information content (AvgIpc) is 2.75. The fourth-order valence-electron chi connectivity index (χ4n) is 4.27. The van der Waals surface area contributed by atoms with Crippen molar-refractivity contribution in [2.45, 2.75) is 51.0 Å². The highest BCUT2D eigenvalue weighted by atomic mass is 32.2. The lowest BCUT2D eigenvalue weighted by Gasteiger charge is -2.38. The number of hydrogen-bond donors (Lipinski definition) is 0. The Morgan fingerprint density at radius 2 is 1.67 bits per heavy atom. The molecule has 1 unspecified atom stereocenters. The van der Waals surface area contributed by atoms with Gasteiger partial charge in [0.05, 0.1) is 11.0 Å². The maximum absolute atomic E-state index is 13.2. The van der Waals surface area contributed by atoms with Crippen LogP contribution in [0.25, 0.3) is 0 Å². The maximum atomic E-state index is 13.2. The zero-order valence-corrected chi connectivity index (χ0v) is 19.0. The van der Waals surface area contributed by atoms with Crippen molar-refractivity contribution in [1.29, 1.82) is 5.26 Å². The number of carbonyl (C=O) groups excluding carboxylic acids is 1. The predicted octanol–water partition coefficient (Wildman–Crippen LogP) is 2.48. The highest BCUT2D eigenvalue weighted by Gasteiger charge is 2.30. The van der Waals surface area contributed by atoms with Crippen LogP contribution in [-0.2, 0) is 10.0 Å². The van der Waals surface area contributed by atoms with E-state index in [0.29, 0.717) is 44.8 Å². The van der Waals surface area contributed by atoms with Crippen molar-refractivity contribution in [3.8, 4) is 6.07 Å². The summed E-state index contributed by atoms with van der Waals surface area (Å²) in [7, 11) is -3.58. The molecule has 1 atom stereocenters. The van der Waals surface area contributed by atoms with Gasteiger partial charge in [-0.1, -0.05) is 26.3 Å². The fourth-order valence-corrected chi connectivity index (χ4v) is 5.82. The van der Waals surface area contributed by atoms with Gasteiger partial charge in [0.25, 0.3) is 5.91 Å². The SMILES string of the molecule is Cc1ccc(S(=O)(=O)N2CCCCC2)cc1C(=O)N1CCN(C(C#N)C(C)C)CC1. The third-order valence-electron chi connectivity index (χ3n) is 6.15. The molecule has 1 aromatic rings. The van der Waals surface area contributed by atoms with Crippen LogP contribution in [0.1, 0.15) is 49.0 Å². The topological polar surface area (TPSA) is 84.7 Å². The van der Waals surface area contributed by atoms with E-state index >= 15 is 0 Å². The molecule has 2 aliphatic rings. The maximum Gasteiger partial charge on any atom is 0.254 e. The molecular formula is C22H32N4O3S. The van der Waals surface area contributed by atoms with Gasteiger partial charge in [0, 0.05) is 44.8 Å². The first kappa shape index (κ1) is 22.7.